The zero-order chi connectivity index (χ0) is 12.5. The van der Waals surface area contributed by atoms with E-state index in [1.807, 2.05) is 6.92 Å². The summed E-state index contributed by atoms with van der Waals surface area (Å²) in [6, 6.07) is 0. The van der Waals surface area contributed by atoms with Gasteiger partial charge in [0.2, 0.25) is 0 Å². The van der Waals surface area contributed by atoms with E-state index in [1.54, 1.807) is 0 Å². The Kier molecular flexibility index (Phi) is 7.21. The van der Waals surface area contributed by atoms with Crippen LogP contribution >= 0.6 is 0 Å². The van der Waals surface area contributed by atoms with E-state index in [-0.39, 0.29) is 12.1 Å². The second-order valence-corrected chi connectivity index (χ2v) is 4.53. The number of carbonyl (C=O) groups is 1. The molecule has 0 spiro atoms. The smallest absolute Gasteiger partial charge is 0.320 e. The first-order valence-corrected chi connectivity index (χ1v) is 6.75. The predicted molar refractivity (Wildman–Crippen MR) is 67.0 cm³/mol. The Morgan fingerprint density at radius 3 is 2.94 bits per heavy atom. The average molecular weight is 243 g/mol. The van der Waals surface area contributed by atoms with Crippen LogP contribution in [-0.2, 0) is 14.3 Å². The molecule has 1 aliphatic rings. The van der Waals surface area contributed by atoms with Gasteiger partial charge in [0.05, 0.1) is 19.3 Å². The summed E-state index contributed by atoms with van der Waals surface area (Å²) in [6.45, 7) is 7.65. The van der Waals surface area contributed by atoms with E-state index in [0.717, 1.165) is 45.4 Å². The molecule has 0 aromatic heterocycles. The van der Waals surface area contributed by atoms with Crippen LogP contribution in [-0.4, -0.2) is 49.8 Å². The van der Waals surface area contributed by atoms with Crippen LogP contribution in [0.4, 0.5) is 0 Å². The number of unbranched alkanes of at least 4 members (excludes halogenated alkanes) is 1. The highest BCUT2D eigenvalue weighted by molar-refractivity contribution is 5.71. The molecule has 0 amide bonds. The first-order chi connectivity index (χ1) is 8.26. The quantitative estimate of drug-likeness (QED) is 0.505. The van der Waals surface area contributed by atoms with Gasteiger partial charge >= 0.3 is 5.97 Å². The van der Waals surface area contributed by atoms with Crippen LogP contribution in [0.3, 0.4) is 0 Å². The van der Waals surface area contributed by atoms with Gasteiger partial charge in [-0.3, -0.25) is 9.69 Å². The maximum absolute atomic E-state index is 11.5. The number of carbonyl (C=O) groups excluding carboxylic acids is 1. The Hall–Kier alpha value is -0.610. The lowest BCUT2D eigenvalue weighted by molar-refractivity contribution is -0.146. The third-order valence-electron chi connectivity index (χ3n) is 2.98. The molecule has 0 saturated carbocycles. The molecule has 1 fully saturated rings. The standard InChI is InChI=1S/C13H25NO3/c1-3-5-9-17-13(15)11-14-8-6-7-12(10-14)16-4-2/h12H,3-11H2,1-2H3. The number of rotatable bonds is 7. The summed E-state index contributed by atoms with van der Waals surface area (Å²) in [6.07, 6.45) is 4.51. The van der Waals surface area contributed by atoms with Crippen molar-refractivity contribution in [3.05, 3.63) is 0 Å². The highest BCUT2D eigenvalue weighted by Gasteiger charge is 2.21. The molecule has 1 heterocycles. The molecule has 4 nitrogen and oxygen atoms in total. The lowest BCUT2D eigenvalue weighted by Gasteiger charge is -2.31. The van der Waals surface area contributed by atoms with Crippen LogP contribution in [0.5, 0.6) is 0 Å². The van der Waals surface area contributed by atoms with Crippen LogP contribution in [0.25, 0.3) is 0 Å². The number of nitrogens with zero attached hydrogens (tertiary/aromatic N) is 1. The van der Waals surface area contributed by atoms with Crippen LogP contribution in [0.15, 0.2) is 0 Å². The Morgan fingerprint density at radius 2 is 2.24 bits per heavy atom. The number of hydrogen-bond acceptors (Lipinski definition) is 4. The fourth-order valence-corrected chi connectivity index (χ4v) is 2.09. The molecule has 1 atom stereocenters. The molecule has 1 saturated heterocycles. The molecule has 0 aromatic rings. The van der Waals surface area contributed by atoms with Crippen LogP contribution in [0.1, 0.15) is 39.5 Å². The molecule has 1 aliphatic heterocycles. The first kappa shape index (κ1) is 14.5. The molecule has 1 unspecified atom stereocenters. The van der Waals surface area contributed by atoms with Crippen molar-refractivity contribution in [1.82, 2.24) is 4.90 Å². The van der Waals surface area contributed by atoms with E-state index in [2.05, 4.69) is 11.8 Å². The third-order valence-corrected chi connectivity index (χ3v) is 2.98. The largest absolute Gasteiger partial charge is 0.465 e. The zero-order valence-corrected chi connectivity index (χ0v) is 11.1. The van der Waals surface area contributed by atoms with Gasteiger partial charge in [-0.05, 0) is 32.7 Å². The van der Waals surface area contributed by atoms with Gasteiger partial charge in [0, 0.05) is 13.2 Å². The Labute approximate surface area is 104 Å². The van der Waals surface area contributed by atoms with Crippen molar-refractivity contribution in [2.75, 3.05) is 32.8 Å². The van der Waals surface area contributed by atoms with Gasteiger partial charge in [-0.2, -0.15) is 0 Å². The van der Waals surface area contributed by atoms with E-state index in [9.17, 15) is 4.79 Å². The molecular weight excluding hydrogens is 218 g/mol. The summed E-state index contributed by atoms with van der Waals surface area (Å²) in [7, 11) is 0. The summed E-state index contributed by atoms with van der Waals surface area (Å²) < 4.78 is 10.8. The predicted octanol–water partition coefficient (Wildman–Crippen LogP) is 1.83. The van der Waals surface area contributed by atoms with Gasteiger partial charge in [0.1, 0.15) is 0 Å². The zero-order valence-electron chi connectivity index (χ0n) is 11.1. The summed E-state index contributed by atoms with van der Waals surface area (Å²) in [5.74, 6) is -0.101. The molecule has 4 heteroatoms. The second-order valence-electron chi connectivity index (χ2n) is 4.53. The fourth-order valence-electron chi connectivity index (χ4n) is 2.09. The molecule has 0 aromatic carbocycles. The van der Waals surface area contributed by atoms with Crippen molar-refractivity contribution in [3.63, 3.8) is 0 Å². The topological polar surface area (TPSA) is 38.8 Å². The van der Waals surface area contributed by atoms with Crippen molar-refractivity contribution in [2.45, 2.75) is 45.6 Å². The third kappa shape index (κ3) is 6.03. The van der Waals surface area contributed by atoms with E-state index < -0.39 is 0 Å². The summed E-state index contributed by atoms with van der Waals surface area (Å²) in [5, 5.41) is 0. The van der Waals surface area contributed by atoms with E-state index in [0.29, 0.717) is 13.2 Å². The molecule has 100 valence electrons. The highest BCUT2D eigenvalue weighted by Crippen LogP contribution is 2.12. The van der Waals surface area contributed by atoms with E-state index in [4.69, 9.17) is 9.47 Å². The molecular formula is C13H25NO3. The Morgan fingerprint density at radius 1 is 1.41 bits per heavy atom. The fraction of sp³-hybridized carbons (Fsp3) is 0.923. The van der Waals surface area contributed by atoms with Crippen molar-refractivity contribution in [1.29, 1.82) is 0 Å². The maximum atomic E-state index is 11.5. The normalized spacial score (nSPS) is 21.4. The minimum Gasteiger partial charge on any atom is -0.465 e. The summed E-state index contributed by atoms with van der Waals surface area (Å²) >= 11 is 0. The SMILES string of the molecule is CCCCOC(=O)CN1CCCC(OCC)C1. The molecule has 1 rings (SSSR count). The van der Waals surface area contributed by atoms with Gasteiger partial charge in [-0.15, -0.1) is 0 Å². The van der Waals surface area contributed by atoms with Crippen molar-refractivity contribution < 1.29 is 14.3 Å². The maximum Gasteiger partial charge on any atom is 0.320 e. The van der Waals surface area contributed by atoms with E-state index in [1.165, 1.54) is 0 Å². The lowest BCUT2D eigenvalue weighted by atomic mass is 10.1. The van der Waals surface area contributed by atoms with Gasteiger partial charge in [0.25, 0.3) is 0 Å². The number of piperidine rings is 1. The van der Waals surface area contributed by atoms with Crippen molar-refractivity contribution in [3.8, 4) is 0 Å². The van der Waals surface area contributed by atoms with Gasteiger partial charge < -0.3 is 9.47 Å². The molecule has 0 bridgehead atoms. The number of ether oxygens (including phenoxy) is 2. The number of hydrogen-bond donors (Lipinski definition) is 0. The summed E-state index contributed by atoms with van der Waals surface area (Å²) in [5.41, 5.74) is 0. The Bertz CT molecular complexity index is 219. The minimum absolute atomic E-state index is 0.101. The number of likely N-dealkylation sites (tertiary alicyclic amines) is 1. The lowest BCUT2D eigenvalue weighted by Crippen LogP contribution is -2.42. The minimum atomic E-state index is -0.101. The highest BCUT2D eigenvalue weighted by atomic mass is 16.5. The van der Waals surface area contributed by atoms with Crippen LogP contribution in [0, 0.1) is 0 Å². The summed E-state index contributed by atoms with van der Waals surface area (Å²) in [4.78, 5) is 13.7. The van der Waals surface area contributed by atoms with Crippen molar-refractivity contribution >= 4 is 5.97 Å². The number of esters is 1. The average Bonchev–Trinajstić information content (AvgIpc) is 2.30. The van der Waals surface area contributed by atoms with Crippen molar-refractivity contribution in [2.24, 2.45) is 0 Å². The molecule has 0 aliphatic carbocycles. The molecule has 0 N–H and O–H groups in total. The van der Waals surface area contributed by atoms with Gasteiger partial charge in [-0.25, -0.2) is 0 Å². The second kappa shape index (κ2) is 8.48. The first-order valence-electron chi connectivity index (χ1n) is 6.75. The van der Waals surface area contributed by atoms with Gasteiger partial charge in [-0.1, -0.05) is 13.3 Å². The van der Waals surface area contributed by atoms with Crippen LogP contribution in [0.2, 0.25) is 0 Å². The molecule has 17 heavy (non-hydrogen) atoms. The van der Waals surface area contributed by atoms with Crippen LogP contribution < -0.4 is 0 Å². The van der Waals surface area contributed by atoms with Gasteiger partial charge in [0.15, 0.2) is 0 Å². The molecule has 0 radical (unpaired) electrons. The van der Waals surface area contributed by atoms with E-state index >= 15 is 0 Å². The Balaban J connectivity index is 2.18. The monoisotopic (exact) mass is 243 g/mol.